The molecule has 0 aliphatic rings. The van der Waals surface area contributed by atoms with Gasteiger partial charge < -0.3 is 15.2 Å². The van der Waals surface area contributed by atoms with Gasteiger partial charge in [-0.25, -0.2) is 0 Å². The zero-order chi connectivity index (χ0) is 18.2. The smallest absolute Gasteiger partial charge is 0.258 e. The molecule has 4 heteroatoms. The number of carbonyl (C=O) groups is 1. The lowest BCUT2D eigenvalue weighted by Crippen LogP contribution is -2.33. The van der Waals surface area contributed by atoms with Crippen LogP contribution >= 0.6 is 0 Å². The van der Waals surface area contributed by atoms with Crippen molar-refractivity contribution in [1.29, 1.82) is 0 Å². The third-order valence-corrected chi connectivity index (χ3v) is 4.05. The van der Waals surface area contributed by atoms with Crippen LogP contribution < -0.4 is 10.1 Å². The Kier molecular flexibility index (Phi) is 6.01. The minimum Gasteiger partial charge on any atom is -0.484 e. The first-order valence-corrected chi connectivity index (χ1v) is 8.48. The minimum absolute atomic E-state index is 0.0173. The van der Waals surface area contributed by atoms with E-state index in [1.807, 2.05) is 60.7 Å². The van der Waals surface area contributed by atoms with Crippen LogP contribution in [0.1, 0.15) is 22.7 Å². The van der Waals surface area contributed by atoms with E-state index >= 15 is 0 Å². The normalized spacial score (nSPS) is 10.5. The van der Waals surface area contributed by atoms with E-state index in [0.717, 1.165) is 16.7 Å². The molecule has 4 nitrogen and oxygen atoms in total. The molecule has 0 unspecified atom stereocenters. The summed E-state index contributed by atoms with van der Waals surface area (Å²) in [4.78, 5) is 12.4. The number of hydrogen-bond donors (Lipinski definition) is 2. The summed E-state index contributed by atoms with van der Waals surface area (Å²) < 4.78 is 5.55. The van der Waals surface area contributed by atoms with E-state index in [4.69, 9.17) is 9.84 Å². The molecule has 3 aromatic rings. The molecule has 0 spiro atoms. The zero-order valence-corrected chi connectivity index (χ0v) is 14.3. The van der Waals surface area contributed by atoms with E-state index in [2.05, 4.69) is 5.32 Å². The van der Waals surface area contributed by atoms with Crippen LogP contribution in [-0.2, 0) is 11.4 Å². The summed E-state index contributed by atoms with van der Waals surface area (Å²) in [6.45, 7) is -0.0920. The van der Waals surface area contributed by atoms with Gasteiger partial charge in [-0.05, 0) is 28.8 Å². The molecule has 0 aliphatic carbocycles. The quantitative estimate of drug-likeness (QED) is 0.688. The maximum Gasteiger partial charge on any atom is 0.258 e. The van der Waals surface area contributed by atoms with Crippen LogP contribution in [0.2, 0.25) is 0 Å². The van der Waals surface area contributed by atoms with Gasteiger partial charge in [-0.3, -0.25) is 4.79 Å². The fraction of sp³-hybridized carbons (Fsp3) is 0.136. The molecule has 132 valence electrons. The van der Waals surface area contributed by atoms with Crippen LogP contribution in [0, 0.1) is 0 Å². The second-order valence-corrected chi connectivity index (χ2v) is 5.91. The number of nitrogens with one attached hydrogen (secondary N) is 1. The first kappa shape index (κ1) is 17.7. The van der Waals surface area contributed by atoms with E-state index < -0.39 is 0 Å². The monoisotopic (exact) mass is 347 g/mol. The number of aliphatic hydroxyl groups is 1. The summed E-state index contributed by atoms with van der Waals surface area (Å²) >= 11 is 0. The highest BCUT2D eigenvalue weighted by molar-refractivity contribution is 5.78. The number of hydrogen-bond acceptors (Lipinski definition) is 3. The number of amides is 1. The predicted octanol–water partition coefficient (Wildman–Crippen LogP) is 3.46. The van der Waals surface area contributed by atoms with Gasteiger partial charge >= 0.3 is 0 Å². The Morgan fingerprint density at radius 1 is 0.846 bits per heavy atom. The molecule has 3 aromatic carbocycles. The van der Waals surface area contributed by atoms with Gasteiger partial charge in [0.15, 0.2) is 6.61 Å². The lowest BCUT2D eigenvalue weighted by molar-refractivity contribution is -0.123. The Bertz CT molecular complexity index is 778. The Morgan fingerprint density at radius 3 is 1.88 bits per heavy atom. The maximum atomic E-state index is 12.4. The standard InChI is InChI=1S/C22H21NO3/c24-15-17-11-13-20(14-12-17)26-16-21(25)23-22(18-7-3-1-4-8-18)19-9-5-2-6-10-19/h1-14,22,24H,15-16H2,(H,23,25). The van der Waals surface area contributed by atoms with Crippen molar-refractivity contribution >= 4 is 5.91 Å². The molecular weight excluding hydrogens is 326 g/mol. The van der Waals surface area contributed by atoms with E-state index in [-0.39, 0.29) is 25.2 Å². The van der Waals surface area contributed by atoms with Crippen LogP contribution in [0.5, 0.6) is 5.75 Å². The first-order valence-electron chi connectivity index (χ1n) is 8.48. The van der Waals surface area contributed by atoms with E-state index in [0.29, 0.717) is 5.75 Å². The third-order valence-electron chi connectivity index (χ3n) is 4.05. The molecule has 0 bridgehead atoms. The molecular formula is C22H21NO3. The highest BCUT2D eigenvalue weighted by atomic mass is 16.5. The molecule has 0 aromatic heterocycles. The maximum absolute atomic E-state index is 12.4. The molecule has 0 heterocycles. The SMILES string of the molecule is O=C(COc1ccc(CO)cc1)NC(c1ccccc1)c1ccccc1. The highest BCUT2D eigenvalue weighted by Gasteiger charge is 2.16. The van der Waals surface area contributed by atoms with Crippen molar-refractivity contribution in [3.8, 4) is 5.75 Å². The van der Waals surface area contributed by atoms with Crippen molar-refractivity contribution in [1.82, 2.24) is 5.32 Å². The molecule has 0 fully saturated rings. The molecule has 0 atom stereocenters. The first-order chi connectivity index (χ1) is 12.8. The minimum atomic E-state index is -0.231. The molecule has 0 saturated heterocycles. The van der Waals surface area contributed by atoms with E-state index in [1.54, 1.807) is 24.3 Å². The summed E-state index contributed by atoms with van der Waals surface area (Å²) in [5, 5.41) is 12.1. The van der Waals surface area contributed by atoms with Gasteiger partial charge in [-0.15, -0.1) is 0 Å². The molecule has 0 saturated carbocycles. The average molecular weight is 347 g/mol. The van der Waals surface area contributed by atoms with Crippen molar-refractivity contribution in [2.24, 2.45) is 0 Å². The van der Waals surface area contributed by atoms with Crippen molar-refractivity contribution in [3.05, 3.63) is 102 Å². The van der Waals surface area contributed by atoms with Crippen LogP contribution in [0.3, 0.4) is 0 Å². The average Bonchev–Trinajstić information content (AvgIpc) is 2.72. The number of benzene rings is 3. The second kappa shape index (κ2) is 8.83. The molecule has 3 rings (SSSR count). The zero-order valence-electron chi connectivity index (χ0n) is 14.3. The summed E-state index contributed by atoms with van der Waals surface area (Å²) in [5.41, 5.74) is 2.83. The van der Waals surface area contributed by atoms with Gasteiger partial charge in [-0.2, -0.15) is 0 Å². The topological polar surface area (TPSA) is 58.6 Å². The van der Waals surface area contributed by atoms with Crippen molar-refractivity contribution in [2.75, 3.05) is 6.61 Å². The molecule has 0 radical (unpaired) electrons. The number of ether oxygens (including phenoxy) is 1. The fourth-order valence-electron chi connectivity index (χ4n) is 2.69. The number of aliphatic hydroxyl groups excluding tert-OH is 1. The van der Waals surface area contributed by atoms with Crippen LogP contribution in [0.4, 0.5) is 0 Å². The van der Waals surface area contributed by atoms with Crippen molar-refractivity contribution in [3.63, 3.8) is 0 Å². The molecule has 26 heavy (non-hydrogen) atoms. The van der Waals surface area contributed by atoms with E-state index in [9.17, 15) is 4.79 Å². The summed E-state index contributed by atoms with van der Waals surface area (Å²) in [6, 6.07) is 26.5. The van der Waals surface area contributed by atoms with Gasteiger partial charge in [-0.1, -0.05) is 72.8 Å². The van der Waals surface area contributed by atoms with Gasteiger partial charge in [0, 0.05) is 0 Å². The predicted molar refractivity (Wildman–Crippen MR) is 101 cm³/mol. The molecule has 2 N–H and O–H groups in total. The summed E-state index contributed by atoms with van der Waals surface area (Å²) in [6.07, 6.45) is 0. The van der Waals surface area contributed by atoms with Crippen LogP contribution in [0.25, 0.3) is 0 Å². The molecule has 0 aliphatic heterocycles. The number of rotatable bonds is 7. The Labute approximate surface area is 153 Å². The summed E-state index contributed by atoms with van der Waals surface area (Å²) in [5.74, 6) is 0.391. The van der Waals surface area contributed by atoms with Gasteiger partial charge in [0.2, 0.25) is 0 Å². The largest absolute Gasteiger partial charge is 0.484 e. The highest BCUT2D eigenvalue weighted by Crippen LogP contribution is 2.21. The molecule has 1 amide bonds. The Balaban J connectivity index is 1.67. The number of carbonyl (C=O) groups excluding carboxylic acids is 1. The lowest BCUT2D eigenvalue weighted by atomic mass is 9.99. The van der Waals surface area contributed by atoms with Crippen LogP contribution in [-0.4, -0.2) is 17.6 Å². The van der Waals surface area contributed by atoms with Gasteiger partial charge in [0.05, 0.1) is 12.6 Å². The van der Waals surface area contributed by atoms with Crippen molar-refractivity contribution < 1.29 is 14.6 Å². The van der Waals surface area contributed by atoms with Gasteiger partial charge in [0.25, 0.3) is 5.91 Å². The van der Waals surface area contributed by atoms with E-state index in [1.165, 1.54) is 0 Å². The van der Waals surface area contributed by atoms with Crippen molar-refractivity contribution in [2.45, 2.75) is 12.6 Å². The Morgan fingerprint density at radius 2 is 1.38 bits per heavy atom. The van der Waals surface area contributed by atoms with Gasteiger partial charge in [0.1, 0.15) is 5.75 Å². The fourth-order valence-corrected chi connectivity index (χ4v) is 2.69. The lowest BCUT2D eigenvalue weighted by Gasteiger charge is -2.20. The second-order valence-electron chi connectivity index (χ2n) is 5.91. The Hall–Kier alpha value is -3.11. The van der Waals surface area contributed by atoms with Crippen LogP contribution in [0.15, 0.2) is 84.9 Å². The third kappa shape index (κ3) is 4.71. The summed E-state index contributed by atoms with van der Waals surface area (Å²) in [7, 11) is 0.